The normalized spacial score (nSPS) is 22.8. The monoisotopic (exact) mass is 2250 g/mol. The summed E-state index contributed by atoms with van der Waals surface area (Å²) >= 11 is 1.96. The number of nitriles is 2. The lowest BCUT2D eigenvalue weighted by Gasteiger charge is -2.45. The zero-order chi connectivity index (χ0) is 107. The highest BCUT2D eigenvalue weighted by atomic mass is 127. The van der Waals surface area contributed by atoms with Crippen LogP contribution in [-0.2, 0) is 101 Å². The Hall–Kier alpha value is -6.88. The number of carbonyl (C=O) groups excluding carboxylic acids is 2. The highest BCUT2D eigenvalue weighted by Crippen LogP contribution is 2.52. The Bertz CT molecular complexity index is 5540. The number of hydrogen-bond acceptors (Lipinski definition) is 40. The third-order valence-corrected chi connectivity index (χ3v) is 27.1. The summed E-state index contributed by atoms with van der Waals surface area (Å²) in [6.45, 7) is 34.6. The number of nitrogens with one attached hydrogen (secondary N) is 7. The minimum atomic E-state index is -4.06. The maximum absolute atomic E-state index is 12.5. The molecule has 11 N–H and O–H groups in total. The number of aromatic amines is 4. The van der Waals surface area contributed by atoms with Gasteiger partial charge >= 0.3 is 34.9 Å². The summed E-state index contributed by atoms with van der Waals surface area (Å²) < 4.78 is 187. The standard InChI is InChI=1S/C20H34N5O8PS.C16H25N3O9S.C15H32N3OP.C11H17N3O7S.C10H14N2O6.C6H13NO4S.CH3I.CH3.ClH/c1-13(2)25(14(3)4)34(31-11-7-9-21)33-17-15(12-22-35(6,28)29)32-19(18(17)30-5)24-10-8-16(26)23-20(24)27;1-16(2,3)28-15(23)19(29(5,24)25)8-9-11(21)12(26-4)13(27-9)18-7-6-10(20)17-14(18)22;1-12(2)17(13(3)4)20(19-11-9-10-16)18(14(5)6)15(7)8;1-20-9-8(16)6(5-12-22(2,18)19)21-10(9)14-4-3-7(15)13-11(14)17;1-17-8-7(15)5(4-13)18-9(8)12-3-2-6(14)11-10(12)16;1-6(2,3)11-5(8)7-12(4,9)10;1-2;;/h8,10,13-15,17-19,22H,7,11-12H2,1-6H3,(H,23,26,27);6-7,9,11-13,21H,8H2,1-5H3,(H,17,20,22);12-15H,9,11H2,1-8H3;3-4,6,8-10,12,16H,5H2,1-2H3,(H,13,15,17);2-3,5,7-9,13,15H,4H2,1H3,(H,11,14,16);1-4H3,(H,7,8);1H3;1H3;1H/q;;;;;;;-1;/t15-,17-,18-,19-,34?;9-,11-,12-,13-;;6-,8-,9-,10-;5-,7-,8-,9-;;;;/m11.11..../s1/i;;;;;;1D;;. The molecule has 17 atom stereocenters. The fraction of sp³-hybridized carbons (Fsp3) is 0.738. The second-order valence-corrected chi connectivity index (χ2v) is 44.8. The van der Waals surface area contributed by atoms with E-state index < -0.39 is 237 Å². The quantitative estimate of drug-likeness (QED) is 0.0101. The molecule has 0 radical (unpaired) electrons. The fourth-order valence-electron chi connectivity index (χ4n) is 13.6. The SMILES string of the molecule is CC(C)(C)OC(=O)NS(C)(=O)=O.CC(C)N(C(C)C)P(OCCC#N)N(C(C)C)C(C)C.CO[C@@H]1[C@H](O)[C@@H](CN(C(=O)OC(C)(C)C)S(C)(=O)=O)O[C@H]1n1ccc(=O)[nH]c1=O.CO[C@@H]1[C@H](O)[C@@H](CNS(C)(=O)=O)O[C@H]1n1ccc(=O)[nH]c1=O.CO[C@@H]1[C@H](O)[C@@H](CO)O[C@H]1n1ccc(=O)[nH]c1=O.CO[C@@H]1[C@H](OP(OCCC#N)N(C(C)C)C(C)C)[C@@H](CNS(C)(=O)=O)O[C@H]1n1ccc(=O)[nH]c1=O.Cl.[2H]CI.[CH3-]. The zero-order valence-electron chi connectivity index (χ0n) is 84.4. The molecule has 4 fully saturated rings. The van der Waals surface area contributed by atoms with E-state index in [2.05, 4.69) is 105 Å². The molecule has 4 aliphatic rings. The third kappa shape index (κ3) is 43.4. The van der Waals surface area contributed by atoms with Crippen molar-refractivity contribution in [3.8, 4) is 12.1 Å². The molecule has 0 spiro atoms. The third-order valence-electron chi connectivity index (χ3n) is 18.9. The number of ether oxygens (including phenoxy) is 10. The second kappa shape index (κ2) is 60.9. The smallest absolute Gasteiger partial charge is 0.424 e. The van der Waals surface area contributed by atoms with Crippen molar-refractivity contribution in [2.24, 2.45) is 0 Å². The predicted molar refractivity (Wildman–Crippen MR) is 528 cm³/mol. The van der Waals surface area contributed by atoms with Gasteiger partial charge < -0.3 is 88.8 Å². The molecule has 140 heavy (non-hydrogen) atoms. The van der Waals surface area contributed by atoms with Crippen molar-refractivity contribution in [2.75, 3.05) is 97.8 Å². The Morgan fingerprint density at radius 2 is 0.800 bits per heavy atom. The predicted octanol–water partition coefficient (Wildman–Crippen LogP) is 1.60. The first-order chi connectivity index (χ1) is 64.2. The Labute approximate surface area is 839 Å². The molecular formula is C80H142ClIN17O35P2S4-. The summed E-state index contributed by atoms with van der Waals surface area (Å²) in [5.41, 5.74) is -6.81. The summed E-state index contributed by atoms with van der Waals surface area (Å²) in [6, 6.07) is 10.5. The van der Waals surface area contributed by atoms with Gasteiger partial charge in [-0.3, -0.25) is 57.4 Å². The second-order valence-electron chi connectivity index (χ2n) is 34.4. The number of aliphatic hydroxyl groups is 4. The van der Waals surface area contributed by atoms with E-state index in [1.165, 1.54) is 53.1 Å². The Balaban J connectivity index is 0.00000170. The molecule has 1 unspecified atom stereocenters. The summed E-state index contributed by atoms with van der Waals surface area (Å²) in [7, 11) is -11.8. The number of rotatable bonds is 36. The van der Waals surface area contributed by atoms with Crippen LogP contribution in [0.15, 0.2) is 87.4 Å². The zero-order valence-corrected chi connectivity index (χ0v) is 91.4. The van der Waals surface area contributed by atoms with Crippen molar-refractivity contribution in [1.82, 2.24) is 70.7 Å². The van der Waals surface area contributed by atoms with Crippen molar-refractivity contribution in [3.05, 3.63) is 140 Å². The van der Waals surface area contributed by atoms with Crippen LogP contribution >= 0.6 is 52.0 Å². The van der Waals surface area contributed by atoms with Crippen LogP contribution < -0.4 is 59.2 Å². The van der Waals surface area contributed by atoms with Crippen molar-refractivity contribution >= 4 is 104 Å². The maximum atomic E-state index is 12.5. The minimum Gasteiger partial charge on any atom is -0.443 e. The molecule has 806 valence electrons. The number of nitrogens with zero attached hydrogens (tertiary/aromatic N) is 10. The molecule has 8 heterocycles. The van der Waals surface area contributed by atoms with Crippen molar-refractivity contribution in [3.63, 3.8) is 0 Å². The van der Waals surface area contributed by atoms with Gasteiger partial charge in [-0.25, -0.2) is 94.9 Å². The van der Waals surface area contributed by atoms with Crippen LogP contribution in [0.2, 0.25) is 0 Å². The van der Waals surface area contributed by atoms with Gasteiger partial charge in [-0.2, -0.15) is 10.5 Å². The maximum Gasteiger partial charge on any atom is 0.424 e. The van der Waals surface area contributed by atoms with Gasteiger partial charge in [0.2, 0.25) is 40.1 Å². The molecule has 52 nitrogen and oxygen atoms in total. The van der Waals surface area contributed by atoms with Crippen molar-refractivity contribution < 1.29 is 126 Å². The number of alkyl halides is 1. The number of sulfonamides is 4. The van der Waals surface area contributed by atoms with Crippen LogP contribution in [0.1, 0.15) is 164 Å². The van der Waals surface area contributed by atoms with E-state index in [4.69, 9.17) is 73.2 Å². The summed E-state index contributed by atoms with van der Waals surface area (Å²) in [5, 5.41) is 57.3. The number of amides is 2. The number of carbonyl (C=O) groups is 2. The molecule has 4 saturated heterocycles. The first-order valence-corrected chi connectivity index (χ1v) is 54.0. The van der Waals surface area contributed by atoms with E-state index in [1.54, 1.807) is 46.3 Å². The van der Waals surface area contributed by atoms with E-state index in [1.807, 2.05) is 61.0 Å². The van der Waals surface area contributed by atoms with Gasteiger partial charge in [-0.05, 0) is 130 Å². The van der Waals surface area contributed by atoms with Crippen LogP contribution in [0.5, 0.6) is 0 Å². The van der Waals surface area contributed by atoms with Crippen LogP contribution in [0.4, 0.5) is 9.59 Å². The fourth-order valence-corrected chi connectivity index (χ4v) is 19.7. The van der Waals surface area contributed by atoms with E-state index in [0.717, 1.165) is 67.7 Å². The average molecular weight is 2260 g/mol. The van der Waals surface area contributed by atoms with Crippen molar-refractivity contribution in [1.29, 1.82) is 10.5 Å². The Morgan fingerprint density at radius 3 is 1.09 bits per heavy atom. The lowest BCUT2D eigenvalue weighted by molar-refractivity contribution is -0.0625. The van der Waals surface area contributed by atoms with Gasteiger partial charge in [0.05, 0.1) is 76.4 Å². The molecule has 60 heteroatoms. The van der Waals surface area contributed by atoms with Crippen LogP contribution in [0.3, 0.4) is 0 Å². The number of aliphatic hydroxyl groups excluding tert-OH is 4. The van der Waals surface area contributed by atoms with E-state index in [9.17, 15) is 96.9 Å². The highest BCUT2D eigenvalue weighted by molar-refractivity contribution is 14.1. The Morgan fingerprint density at radius 1 is 0.500 bits per heavy atom. The van der Waals surface area contributed by atoms with Gasteiger partial charge in [0.1, 0.15) is 84.4 Å². The van der Waals surface area contributed by atoms with Crippen LogP contribution in [0.25, 0.3) is 0 Å². The van der Waals surface area contributed by atoms with Gasteiger partial charge in [0.25, 0.3) is 30.8 Å². The molecule has 0 bridgehead atoms. The molecular weight excluding hydrogens is 2110 g/mol. The largest absolute Gasteiger partial charge is 0.443 e. The number of H-pyrrole nitrogens is 4. The summed E-state index contributed by atoms with van der Waals surface area (Å²) in [5.74, 6) is 0. The molecule has 0 saturated carbocycles. The minimum absolute atomic E-state index is 0. The number of aromatic nitrogens is 8. The topological polar surface area (TPSA) is 688 Å². The number of halogens is 2. The van der Waals surface area contributed by atoms with Crippen LogP contribution in [0, 0.1) is 30.1 Å². The lowest BCUT2D eigenvalue weighted by Crippen LogP contribution is -2.47. The van der Waals surface area contributed by atoms with E-state index >= 15 is 0 Å². The molecule has 8 rings (SSSR count). The lowest BCUT2D eigenvalue weighted by atomic mass is 10.1. The molecule has 2 amide bonds. The first kappa shape index (κ1) is 131. The first-order valence-electron chi connectivity index (χ1n) is 43.3. The number of methoxy groups -OCH3 is 4. The highest BCUT2D eigenvalue weighted by Gasteiger charge is 2.52. The molecule has 0 aromatic carbocycles. The van der Waals surface area contributed by atoms with Gasteiger partial charge in [0, 0.05) is 128 Å². The Kier molecular flexibility index (Phi) is 57.0. The van der Waals surface area contributed by atoms with E-state index in [0.29, 0.717) is 46.4 Å². The average Bonchev–Trinajstić information content (AvgIpc) is 1.63. The summed E-state index contributed by atoms with van der Waals surface area (Å²) in [4.78, 5) is 125. The molecule has 4 aliphatic heterocycles. The van der Waals surface area contributed by atoms with Gasteiger partial charge in [-0.1, -0.05) is 22.6 Å². The van der Waals surface area contributed by atoms with Gasteiger partial charge in [-0.15, -0.1) is 12.4 Å². The molecule has 0 aliphatic carbocycles. The number of hydrogen-bond donors (Lipinski definition) is 11. The summed E-state index contributed by atoms with van der Waals surface area (Å²) in [6.07, 6.45) is -8.77. The molecule has 4 aromatic rings. The van der Waals surface area contributed by atoms with Crippen molar-refractivity contribution in [2.45, 2.75) is 283 Å². The van der Waals surface area contributed by atoms with Crippen LogP contribution in [-0.4, -0.2) is 341 Å². The molecule has 4 aromatic heterocycles. The van der Waals surface area contributed by atoms with E-state index in [-0.39, 0.29) is 58.0 Å². The van der Waals surface area contributed by atoms with Gasteiger partial charge in [0.15, 0.2) is 33.4 Å².